The van der Waals surface area contributed by atoms with Crippen LogP contribution in [0.1, 0.15) is 58.3 Å². The largest absolute Gasteiger partial charge is 0.407 e. The molecule has 5 heteroatoms. The molecule has 0 amide bonds. The monoisotopic (exact) mass is 266 g/mol. The van der Waals surface area contributed by atoms with Crippen LogP contribution in [0.2, 0.25) is 0 Å². The second-order valence-corrected chi connectivity index (χ2v) is 5.45. The Balaban J connectivity index is 1.68. The van der Waals surface area contributed by atoms with E-state index in [1.165, 1.54) is 38.5 Å². The maximum atomic E-state index is 5.57. The summed E-state index contributed by atoms with van der Waals surface area (Å²) in [6.45, 7) is 6.08. The van der Waals surface area contributed by atoms with Gasteiger partial charge < -0.3 is 15.1 Å². The first-order chi connectivity index (χ1) is 9.31. The average molecular weight is 266 g/mol. The van der Waals surface area contributed by atoms with E-state index in [4.69, 9.17) is 4.42 Å². The average Bonchev–Trinajstić information content (AvgIpc) is 3.15. The van der Waals surface area contributed by atoms with Gasteiger partial charge in [-0.05, 0) is 25.2 Å². The maximum absolute atomic E-state index is 5.57. The zero-order valence-electron chi connectivity index (χ0n) is 12.1. The van der Waals surface area contributed by atoms with E-state index in [0.717, 1.165) is 6.54 Å². The number of nitrogens with zero attached hydrogens (tertiary/aromatic N) is 2. The molecule has 1 unspecified atom stereocenters. The topological polar surface area (TPSA) is 63.0 Å². The number of nitrogens with one attached hydrogen (secondary N) is 2. The number of hydrogen-bond donors (Lipinski definition) is 2. The number of unbranched alkanes of at least 4 members (excludes halogenated alkanes) is 1. The third-order valence-corrected chi connectivity index (χ3v) is 3.67. The van der Waals surface area contributed by atoms with E-state index in [1.54, 1.807) is 0 Å². The quantitative estimate of drug-likeness (QED) is 0.681. The predicted molar refractivity (Wildman–Crippen MR) is 76.0 cm³/mol. The molecule has 5 nitrogen and oxygen atoms in total. The standard InChI is InChI=1S/C14H26N4O/c1-3-5-6-11(4-2)9-16-14-18-17-13(19-14)10-15-12-7-8-12/h11-12,15H,3-10H2,1-2H3,(H,16,18). The van der Waals surface area contributed by atoms with Crippen LogP contribution in [0.4, 0.5) is 6.01 Å². The molecular formula is C14H26N4O. The van der Waals surface area contributed by atoms with Gasteiger partial charge in [0.1, 0.15) is 0 Å². The fourth-order valence-corrected chi connectivity index (χ4v) is 2.09. The molecule has 1 saturated carbocycles. The van der Waals surface area contributed by atoms with Gasteiger partial charge >= 0.3 is 6.01 Å². The Morgan fingerprint density at radius 1 is 1.32 bits per heavy atom. The molecule has 0 aromatic carbocycles. The van der Waals surface area contributed by atoms with Crippen molar-refractivity contribution < 1.29 is 4.42 Å². The summed E-state index contributed by atoms with van der Waals surface area (Å²) >= 11 is 0. The van der Waals surface area contributed by atoms with Gasteiger partial charge in [-0.15, -0.1) is 5.10 Å². The van der Waals surface area contributed by atoms with E-state index >= 15 is 0 Å². The van der Waals surface area contributed by atoms with Crippen molar-refractivity contribution >= 4 is 6.01 Å². The van der Waals surface area contributed by atoms with E-state index in [0.29, 0.717) is 30.4 Å². The molecule has 2 rings (SSSR count). The van der Waals surface area contributed by atoms with Crippen LogP contribution in [0.3, 0.4) is 0 Å². The molecule has 0 radical (unpaired) electrons. The normalized spacial score (nSPS) is 16.5. The number of anilines is 1. The lowest BCUT2D eigenvalue weighted by molar-refractivity contribution is 0.450. The van der Waals surface area contributed by atoms with Crippen LogP contribution in [-0.2, 0) is 6.54 Å². The summed E-state index contributed by atoms with van der Waals surface area (Å²) in [5.74, 6) is 1.37. The molecule has 0 spiro atoms. The highest BCUT2D eigenvalue weighted by Gasteiger charge is 2.21. The van der Waals surface area contributed by atoms with Crippen molar-refractivity contribution in [1.82, 2.24) is 15.5 Å². The van der Waals surface area contributed by atoms with Gasteiger partial charge in [0, 0.05) is 12.6 Å². The Hall–Kier alpha value is -1.10. The van der Waals surface area contributed by atoms with E-state index in [9.17, 15) is 0 Å². The van der Waals surface area contributed by atoms with Crippen LogP contribution in [0, 0.1) is 5.92 Å². The minimum Gasteiger partial charge on any atom is -0.407 e. The molecule has 0 bridgehead atoms. The van der Waals surface area contributed by atoms with Crippen LogP contribution in [-0.4, -0.2) is 22.8 Å². The molecule has 1 fully saturated rings. The van der Waals surface area contributed by atoms with Crippen LogP contribution >= 0.6 is 0 Å². The van der Waals surface area contributed by atoms with Gasteiger partial charge in [-0.2, -0.15) is 0 Å². The molecule has 108 valence electrons. The first-order valence-electron chi connectivity index (χ1n) is 7.61. The molecule has 1 aromatic rings. The lowest BCUT2D eigenvalue weighted by Crippen LogP contribution is -2.15. The van der Waals surface area contributed by atoms with Crippen molar-refractivity contribution in [3.63, 3.8) is 0 Å². The fourth-order valence-electron chi connectivity index (χ4n) is 2.09. The molecular weight excluding hydrogens is 240 g/mol. The third-order valence-electron chi connectivity index (χ3n) is 3.67. The molecule has 1 aliphatic carbocycles. The minimum absolute atomic E-state index is 0.558. The second kappa shape index (κ2) is 7.48. The highest BCUT2D eigenvalue weighted by atomic mass is 16.4. The molecule has 1 aromatic heterocycles. The van der Waals surface area contributed by atoms with Gasteiger partial charge in [-0.1, -0.05) is 38.2 Å². The zero-order valence-corrected chi connectivity index (χ0v) is 12.1. The van der Waals surface area contributed by atoms with Gasteiger partial charge in [-0.25, -0.2) is 0 Å². The smallest absolute Gasteiger partial charge is 0.315 e. The second-order valence-electron chi connectivity index (χ2n) is 5.45. The van der Waals surface area contributed by atoms with E-state index in [2.05, 4.69) is 34.7 Å². The van der Waals surface area contributed by atoms with Crippen LogP contribution in [0.5, 0.6) is 0 Å². The number of hydrogen-bond acceptors (Lipinski definition) is 5. The van der Waals surface area contributed by atoms with Crippen LogP contribution in [0.15, 0.2) is 4.42 Å². The van der Waals surface area contributed by atoms with E-state index in [-0.39, 0.29) is 0 Å². The Labute approximate surface area is 115 Å². The fraction of sp³-hybridized carbons (Fsp3) is 0.857. The molecule has 0 aliphatic heterocycles. The van der Waals surface area contributed by atoms with Crippen LogP contribution < -0.4 is 10.6 Å². The molecule has 2 N–H and O–H groups in total. The van der Waals surface area contributed by atoms with Crippen molar-refractivity contribution in [2.24, 2.45) is 5.92 Å². The molecule has 1 atom stereocenters. The lowest BCUT2D eigenvalue weighted by Gasteiger charge is -2.13. The number of rotatable bonds is 10. The van der Waals surface area contributed by atoms with Gasteiger partial charge in [0.25, 0.3) is 0 Å². The molecule has 0 saturated heterocycles. The van der Waals surface area contributed by atoms with Crippen molar-refractivity contribution in [3.05, 3.63) is 5.89 Å². The first kappa shape index (κ1) is 14.3. The molecule has 19 heavy (non-hydrogen) atoms. The summed E-state index contributed by atoms with van der Waals surface area (Å²) < 4.78 is 5.57. The van der Waals surface area contributed by atoms with E-state index < -0.39 is 0 Å². The predicted octanol–water partition coefficient (Wildman–Crippen LogP) is 2.95. The molecule has 1 heterocycles. The first-order valence-corrected chi connectivity index (χ1v) is 7.61. The van der Waals surface area contributed by atoms with Crippen LogP contribution in [0.25, 0.3) is 0 Å². The van der Waals surface area contributed by atoms with Crippen molar-refractivity contribution in [2.75, 3.05) is 11.9 Å². The van der Waals surface area contributed by atoms with E-state index in [1.807, 2.05) is 0 Å². The minimum atomic E-state index is 0.558. The summed E-state index contributed by atoms with van der Waals surface area (Å²) in [6.07, 6.45) is 7.56. The summed E-state index contributed by atoms with van der Waals surface area (Å²) in [5.41, 5.74) is 0. The number of aromatic nitrogens is 2. The SMILES string of the molecule is CCCCC(CC)CNc1nnc(CNC2CC2)o1. The van der Waals surface area contributed by atoms with Crippen molar-refractivity contribution in [2.45, 2.75) is 65.0 Å². The van der Waals surface area contributed by atoms with Gasteiger partial charge in [0.15, 0.2) is 0 Å². The summed E-state index contributed by atoms with van der Waals surface area (Å²) in [6, 6.07) is 1.23. The zero-order chi connectivity index (χ0) is 13.5. The lowest BCUT2D eigenvalue weighted by atomic mass is 10.00. The third kappa shape index (κ3) is 5.19. The highest BCUT2D eigenvalue weighted by molar-refractivity contribution is 5.16. The molecule has 1 aliphatic rings. The maximum Gasteiger partial charge on any atom is 0.315 e. The summed E-state index contributed by atoms with van der Waals surface area (Å²) in [4.78, 5) is 0. The Morgan fingerprint density at radius 3 is 2.84 bits per heavy atom. The summed E-state index contributed by atoms with van der Waals surface area (Å²) in [5, 5.41) is 14.7. The van der Waals surface area contributed by atoms with Gasteiger partial charge in [-0.3, -0.25) is 0 Å². The Morgan fingerprint density at radius 2 is 2.16 bits per heavy atom. The van der Waals surface area contributed by atoms with Gasteiger partial charge in [0.2, 0.25) is 5.89 Å². The van der Waals surface area contributed by atoms with Gasteiger partial charge in [0.05, 0.1) is 6.54 Å². The van der Waals surface area contributed by atoms with Crippen molar-refractivity contribution in [1.29, 1.82) is 0 Å². The summed E-state index contributed by atoms with van der Waals surface area (Å²) in [7, 11) is 0. The van der Waals surface area contributed by atoms with Crippen molar-refractivity contribution in [3.8, 4) is 0 Å². The Bertz CT molecular complexity index is 362. The highest BCUT2D eigenvalue weighted by Crippen LogP contribution is 2.19. The Kier molecular flexibility index (Phi) is 5.63.